The molecule has 0 radical (unpaired) electrons. The zero-order chi connectivity index (χ0) is 13.1. The molecule has 0 aliphatic rings. The molecule has 17 heavy (non-hydrogen) atoms. The molecule has 0 bridgehead atoms. The molecular weight excluding hydrogens is 206 g/mol. The van der Waals surface area contributed by atoms with Crippen LogP contribution in [0.15, 0.2) is 28.3 Å². The van der Waals surface area contributed by atoms with E-state index in [-0.39, 0.29) is 0 Å². The van der Waals surface area contributed by atoms with Crippen LogP contribution in [0.1, 0.15) is 66.7 Å². The Bertz CT molecular complexity index is 282. The van der Waals surface area contributed by atoms with Crippen LogP contribution < -0.4 is 0 Å². The molecule has 0 fully saturated rings. The van der Waals surface area contributed by atoms with Crippen molar-refractivity contribution in [1.82, 2.24) is 0 Å². The smallest absolute Gasteiger partial charge is 0.0360 e. The van der Waals surface area contributed by atoms with E-state index < -0.39 is 0 Å². The van der Waals surface area contributed by atoms with E-state index in [1.165, 1.54) is 29.7 Å². The Labute approximate surface area is 108 Å². The predicted octanol–water partition coefficient (Wildman–Crippen LogP) is 5.33. The molecule has 0 rings (SSSR count). The van der Waals surface area contributed by atoms with Gasteiger partial charge in [-0.05, 0) is 59.8 Å². The lowest BCUT2D eigenvalue weighted by Crippen LogP contribution is -1.93. The van der Waals surface area contributed by atoms with Crippen LogP contribution in [0.3, 0.4) is 0 Å². The fraction of sp³-hybridized carbons (Fsp3) is 0.688. The number of allylic oxidation sites excluding steroid dienone is 4. The van der Waals surface area contributed by atoms with Crippen molar-refractivity contribution in [1.29, 1.82) is 0 Å². The third-order valence-electron chi connectivity index (χ3n) is 2.89. The molecule has 0 N–H and O–H groups in total. The molecule has 0 aromatic heterocycles. The molecule has 0 atom stereocenters. The van der Waals surface area contributed by atoms with E-state index in [4.69, 9.17) is 0 Å². The van der Waals surface area contributed by atoms with Crippen LogP contribution in [-0.4, -0.2) is 12.3 Å². The van der Waals surface area contributed by atoms with Crippen molar-refractivity contribution in [3.8, 4) is 0 Å². The van der Waals surface area contributed by atoms with Gasteiger partial charge in [0.15, 0.2) is 0 Å². The zero-order valence-corrected chi connectivity index (χ0v) is 12.3. The Balaban J connectivity index is 3.87. The number of hydrogen-bond acceptors (Lipinski definition) is 1. The summed E-state index contributed by atoms with van der Waals surface area (Å²) in [6.07, 6.45) is 10.5. The molecule has 1 nitrogen and oxygen atoms in total. The summed E-state index contributed by atoms with van der Waals surface area (Å²) in [5, 5.41) is 0. The number of aliphatic imine (C=N–C) groups is 1. The Hall–Kier alpha value is -0.850. The second kappa shape index (κ2) is 10.3. The topological polar surface area (TPSA) is 12.4 Å². The first-order chi connectivity index (χ1) is 8.10. The van der Waals surface area contributed by atoms with Gasteiger partial charge in [-0.2, -0.15) is 0 Å². The SMILES string of the molecule is CC/C=C(\C)CC/C=C(\C)CC/C(C)=N/CC. The molecule has 0 aromatic carbocycles. The summed E-state index contributed by atoms with van der Waals surface area (Å²) in [6.45, 7) is 11.8. The van der Waals surface area contributed by atoms with Crippen molar-refractivity contribution in [3.05, 3.63) is 23.3 Å². The molecule has 1 heteroatoms. The number of hydrogen-bond donors (Lipinski definition) is 0. The minimum atomic E-state index is 0.912. The summed E-state index contributed by atoms with van der Waals surface area (Å²) in [4.78, 5) is 4.41. The Morgan fingerprint density at radius 3 is 2.12 bits per heavy atom. The van der Waals surface area contributed by atoms with Gasteiger partial charge in [0.25, 0.3) is 0 Å². The summed E-state index contributed by atoms with van der Waals surface area (Å²) in [7, 11) is 0. The largest absolute Gasteiger partial charge is 0.295 e. The summed E-state index contributed by atoms with van der Waals surface area (Å²) in [5.41, 5.74) is 4.29. The van der Waals surface area contributed by atoms with Crippen molar-refractivity contribution >= 4 is 5.71 Å². The zero-order valence-electron chi connectivity index (χ0n) is 12.3. The monoisotopic (exact) mass is 235 g/mol. The molecule has 0 aromatic rings. The molecule has 0 heterocycles. The second-order valence-corrected chi connectivity index (χ2v) is 4.76. The minimum absolute atomic E-state index is 0.912. The molecule has 98 valence electrons. The molecule has 0 aliphatic heterocycles. The van der Waals surface area contributed by atoms with Gasteiger partial charge in [0, 0.05) is 12.3 Å². The van der Waals surface area contributed by atoms with Crippen LogP contribution >= 0.6 is 0 Å². The predicted molar refractivity (Wildman–Crippen MR) is 79.9 cm³/mol. The van der Waals surface area contributed by atoms with Gasteiger partial charge in [-0.3, -0.25) is 4.99 Å². The van der Waals surface area contributed by atoms with Gasteiger partial charge in [0.1, 0.15) is 0 Å². The Morgan fingerprint density at radius 2 is 1.53 bits per heavy atom. The van der Waals surface area contributed by atoms with Crippen LogP contribution in [0.25, 0.3) is 0 Å². The third-order valence-corrected chi connectivity index (χ3v) is 2.89. The van der Waals surface area contributed by atoms with Crippen molar-refractivity contribution < 1.29 is 0 Å². The minimum Gasteiger partial charge on any atom is -0.295 e. The van der Waals surface area contributed by atoms with Gasteiger partial charge in [-0.1, -0.05) is 30.2 Å². The Morgan fingerprint density at radius 1 is 0.882 bits per heavy atom. The quantitative estimate of drug-likeness (QED) is 0.398. The molecular formula is C16H29N. The highest BCUT2D eigenvalue weighted by atomic mass is 14.7. The van der Waals surface area contributed by atoms with E-state index in [0.717, 1.165) is 25.8 Å². The van der Waals surface area contributed by atoms with Crippen molar-refractivity contribution in [2.45, 2.75) is 66.7 Å². The number of rotatable bonds is 8. The highest BCUT2D eigenvalue weighted by Crippen LogP contribution is 2.11. The molecule has 0 spiro atoms. The van der Waals surface area contributed by atoms with E-state index in [0.29, 0.717) is 0 Å². The third kappa shape index (κ3) is 10.0. The molecule has 0 saturated carbocycles. The maximum absolute atomic E-state index is 4.41. The van der Waals surface area contributed by atoms with Gasteiger partial charge < -0.3 is 0 Å². The van der Waals surface area contributed by atoms with Crippen LogP contribution in [-0.2, 0) is 0 Å². The van der Waals surface area contributed by atoms with E-state index in [9.17, 15) is 0 Å². The fourth-order valence-electron chi connectivity index (χ4n) is 1.83. The van der Waals surface area contributed by atoms with Crippen LogP contribution in [0, 0.1) is 0 Å². The van der Waals surface area contributed by atoms with Gasteiger partial charge in [-0.15, -0.1) is 0 Å². The summed E-state index contributed by atoms with van der Waals surface area (Å²) < 4.78 is 0. The van der Waals surface area contributed by atoms with Crippen molar-refractivity contribution in [3.63, 3.8) is 0 Å². The average Bonchev–Trinajstić information content (AvgIpc) is 2.27. The first-order valence-corrected chi connectivity index (χ1v) is 6.91. The molecule has 0 saturated heterocycles. The summed E-state index contributed by atoms with van der Waals surface area (Å²) >= 11 is 0. The highest BCUT2D eigenvalue weighted by molar-refractivity contribution is 5.82. The van der Waals surface area contributed by atoms with E-state index >= 15 is 0 Å². The van der Waals surface area contributed by atoms with Gasteiger partial charge in [0.2, 0.25) is 0 Å². The lowest BCUT2D eigenvalue weighted by molar-refractivity contribution is 0.922. The van der Waals surface area contributed by atoms with Crippen LogP contribution in [0.5, 0.6) is 0 Å². The maximum Gasteiger partial charge on any atom is 0.0360 e. The van der Waals surface area contributed by atoms with E-state index in [1.54, 1.807) is 0 Å². The van der Waals surface area contributed by atoms with Crippen molar-refractivity contribution in [2.24, 2.45) is 4.99 Å². The number of nitrogens with zero attached hydrogens (tertiary/aromatic N) is 1. The van der Waals surface area contributed by atoms with Gasteiger partial charge in [-0.25, -0.2) is 0 Å². The van der Waals surface area contributed by atoms with E-state index in [1.807, 2.05) is 0 Å². The second-order valence-electron chi connectivity index (χ2n) is 4.76. The fourth-order valence-corrected chi connectivity index (χ4v) is 1.83. The lowest BCUT2D eigenvalue weighted by Gasteiger charge is -2.02. The normalized spacial score (nSPS) is 14.3. The van der Waals surface area contributed by atoms with Gasteiger partial charge >= 0.3 is 0 Å². The molecule has 0 unspecified atom stereocenters. The standard InChI is InChI=1S/C16H29N/c1-6-9-14(3)10-8-11-15(4)12-13-16(5)17-7-2/h9,11H,6-8,10,12-13H2,1-5H3/b14-9+,15-11+,17-16+. The first kappa shape index (κ1) is 16.1. The Kier molecular flexibility index (Phi) is 9.80. The van der Waals surface area contributed by atoms with Crippen molar-refractivity contribution in [2.75, 3.05) is 6.54 Å². The summed E-state index contributed by atoms with van der Waals surface area (Å²) in [5.74, 6) is 0. The first-order valence-electron chi connectivity index (χ1n) is 6.91. The lowest BCUT2D eigenvalue weighted by atomic mass is 10.1. The maximum atomic E-state index is 4.41. The van der Waals surface area contributed by atoms with Crippen LogP contribution in [0.2, 0.25) is 0 Å². The van der Waals surface area contributed by atoms with Gasteiger partial charge in [0.05, 0.1) is 0 Å². The summed E-state index contributed by atoms with van der Waals surface area (Å²) in [6, 6.07) is 0. The average molecular weight is 235 g/mol. The van der Waals surface area contributed by atoms with E-state index in [2.05, 4.69) is 51.8 Å². The molecule has 0 aliphatic carbocycles. The molecule has 0 amide bonds. The van der Waals surface area contributed by atoms with Crippen LogP contribution in [0.4, 0.5) is 0 Å². The highest BCUT2D eigenvalue weighted by Gasteiger charge is 1.94.